The Labute approximate surface area is 112 Å². The van der Waals surface area contributed by atoms with E-state index >= 15 is 0 Å². The summed E-state index contributed by atoms with van der Waals surface area (Å²) in [7, 11) is 3.16. The van der Waals surface area contributed by atoms with Gasteiger partial charge >= 0.3 is 0 Å². The molecule has 19 heavy (non-hydrogen) atoms. The average molecular weight is 265 g/mol. The first kappa shape index (κ1) is 13.5. The summed E-state index contributed by atoms with van der Waals surface area (Å²) >= 11 is 0. The van der Waals surface area contributed by atoms with Gasteiger partial charge in [-0.15, -0.1) is 0 Å². The van der Waals surface area contributed by atoms with Gasteiger partial charge in [0.2, 0.25) is 5.91 Å². The molecular formula is C13H19N3O3. The second kappa shape index (κ2) is 5.79. The van der Waals surface area contributed by atoms with Crippen LogP contribution in [0.25, 0.3) is 0 Å². The van der Waals surface area contributed by atoms with E-state index < -0.39 is 0 Å². The maximum absolute atomic E-state index is 11.9. The molecule has 0 atom stereocenters. The van der Waals surface area contributed by atoms with Crippen molar-refractivity contribution in [2.24, 2.45) is 5.73 Å². The molecule has 1 aliphatic heterocycles. The number of hydrogen-bond donors (Lipinski definition) is 2. The molecule has 0 radical (unpaired) electrons. The van der Waals surface area contributed by atoms with Crippen molar-refractivity contribution in [3.63, 3.8) is 0 Å². The molecule has 1 aliphatic rings. The summed E-state index contributed by atoms with van der Waals surface area (Å²) in [5, 5.41) is 3.29. The van der Waals surface area contributed by atoms with Gasteiger partial charge in [-0.05, 0) is 6.42 Å². The van der Waals surface area contributed by atoms with Gasteiger partial charge in [0.05, 0.1) is 32.1 Å². The Kier molecular flexibility index (Phi) is 4.11. The van der Waals surface area contributed by atoms with Crippen molar-refractivity contribution < 1.29 is 14.3 Å². The zero-order chi connectivity index (χ0) is 13.8. The number of hydrogen-bond acceptors (Lipinski definition) is 5. The fraction of sp³-hybridized carbons (Fsp3) is 0.462. The molecule has 1 heterocycles. The standard InChI is InChI=1S/C13H19N3O3/c1-18-11-6-9-10(7-12(11)19-2)16(13(17)8-14)5-3-4-15-9/h6-7,15H,3-5,8,14H2,1-2H3. The van der Waals surface area contributed by atoms with Crippen LogP contribution in [0.3, 0.4) is 0 Å². The van der Waals surface area contributed by atoms with Crippen molar-refractivity contribution in [3.05, 3.63) is 12.1 Å². The van der Waals surface area contributed by atoms with Crippen molar-refractivity contribution in [1.82, 2.24) is 0 Å². The first-order valence-electron chi connectivity index (χ1n) is 6.21. The van der Waals surface area contributed by atoms with Crippen molar-refractivity contribution in [3.8, 4) is 11.5 Å². The zero-order valence-corrected chi connectivity index (χ0v) is 11.2. The summed E-state index contributed by atoms with van der Waals surface area (Å²) in [6.45, 7) is 1.44. The van der Waals surface area contributed by atoms with E-state index in [1.165, 1.54) is 0 Å². The van der Waals surface area contributed by atoms with Gasteiger partial charge in [0, 0.05) is 25.2 Å². The predicted molar refractivity (Wildman–Crippen MR) is 74.1 cm³/mol. The molecular weight excluding hydrogens is 246 g/mol. The molecule has 0 spiro atoms. The Hall–Kier alpha value is -1.95. The third-order valence-corrected chi connectivity index (χ3v) is 3.14. The van der Waals surface area contributed by atoms with E-state index in [-0.39, 0.29) is 12.5 Å². The van der Waals surface area contributed by atoms with Crippen LogP contribution in [-0.4, -0.2) is 39.8 Å². The van der Waals surface area contributed by atoms with Gasteiger partial charge < -0.3 is 25.4 Å². The Morgan fingerprint density at radius 1 is 1.37 bits per heavy atom. The molecule has 2 rings (SSSR count). The second-order valence-corrected chi connectivity index (χ2v) is 4.25. The Bertz CT molecular complexity index is 476. The van der Waals surface area contributed by atoms with Crippen LogP contribution in [0.4, 0.5) is 11.4 Å². The minimum Gasteiger partial charge on any atom is -0.493 e. The number of nitrogens with one attached hydrogen (secondary N) is 1. The maximum Gasteiger partial charge on any atom is 0.240 e. The first-order valence-corrected chi connectivity index (χ1v) is 6.21. The molecule has 0 aliphatic carbocycles. The maximum atomic E-state index is 11.9. The number of benzene rings is 1. The smallest absolute Gasteiger partial charge is 0.240 e. The number of methoxy groups -OCH3 is 2. The van der Waals surface area contributed by atoms with Crippen LogP contribution >= 0.6 is 0 Å². The van der Waals surface area contributed by atoms with Crippen LogP contribution in [-0.2, 0) is 4.79 Å². The Balaban J connectivity index is 2.50. The molecule has 104 valence electrons. The zero-order valence-electron chi connectivity index (χ0n) is 11.2. The molecule has 0 unspecified atom stereocenters. The molecule has 0 fully saturated rings. The summed E-state index contributed by atoms with van der Waals surface area (Å²) in [6, 6.07) is 3.65. The summed E-state index contributed by atoms with van der Waals surface area (Å²) in [5.74, 6) is 1.13. The van der Waals surface area contributed by atoms with Crippen LogP contribution in [0.15, 0.2) is 12.1 Å². The summed E-state index contributed by atoms with van der Waals surface area (Å²) in [5.41, 5.74) is 7.11. The molecule has 1 amide bonds. The van der Waals surface area contributed by atoms with E-state index in [4.69, 9.17) is 15.2 Å². The van der Waals surface area contributed by atoms with Crippen LogP contribution in [0.5, 0.6) is 11.5 Å². The monoisotopic (exact) mass is 265 g/mol. The third kappa shape index (κ3) is 2.58. The normalized spacial score (nSPS) is 14.2. The van der Waals surface area contributed by atoms with Gasteiger partial charge in [-0.3, -0.25) is 4.79 Å². The van der Waals surface area contributed by atoms with Crippen LogP contribution in [0, 0.1) is 0 Å². The lowest BCUT2D eigenvalue weighted by atomic mass is 10.2. The molecule has 0 saturated heterocycles. The quantitative estimate of drug-likeness (QED) is 0.845. The van der Waals surface area contributed by atoms with Gasteiger partial charge in [-0.25, -0.2) is 0 Å². The van der Waals surface area contributed by atoms with Crippen molar-refractivity contribution >= 4 is 17.3 Å². The number of fused-ring (bicyclic) bond motifs is 1. The molecule has 0 aromatic heterocycles. The van der Waals surface area contributed by atoms with Gasteiger partial charge in [-0.2, -0.15) is 0 Å². The topological polar surface area (TPSA) is 76.8 Å². The van der Waals surface area contributed by atoms with E-state index in [9.17, 15) is 4.79 Å². The highest BCUT2D eigenvalue weighted by molar-refractivity contribution is 5.98. The minimum absolute atomic E-state index is 0.00617. The lowest BCUT2D eigenvalue weighted by molar-refractivity contribution is -0.117. The number of rotatable bonds is 3. The highest BCUT2D eigenvalue weighted by atomic mass is 16.5. The summed E-state index contributed by atoms with van der Waals surface area (Å²) in [4.78, 5) is 13.6. The molecule has 0 saturated carbocycles. The molecule has 1 aromatic rings. The molecule has 6 nitrogen and oxygen atoms in total. The number of ether oxygens (including phenoxy) is 2. The van der Waals surface area contributed by atoms with Gasteiger partial charge in [0.15, 0.2) is 11.5 Å². The average Bonchev–Trinajstić information content (AvgIpc) is 2.66. The number of carbonyl (C=O) groups is 1. The van der Waals surface area contributed by atoms with Crippen LogP contribution in [0.1, 0.15) is 6.42 Å². The van der Waals surface area contributed by atoms with Crippen molar-refractivity contribution in [2.45, 2.75) is 6.42 Å². The Morgan fingerprint density at radius 3 is 2.68 bits per heavy atom. The van der Waals surface area contributed by atoms with Gasteiger partial charge in [0.1, 0.15) is 0 Å². The fourth-order valence-corrected chi connectivity index (χ4v) is 2.18. The third-order valence-electron chi connectivity index (χ3n) is 3.14. The van der Waals surface area contributed by atoms with Crippen molar-refractivity contribution in [1.29, 1.82) is 0 Å². The van der Waals surface area contributed by atoms with Crippen LogP contribution < -0.4 is 25.4 Å². The molecule has 3 N–H and O–H groups in total. The summed E-state index contributed by atoms with van der Waals surface area (Å²) < 4.78 is 10.6. The largest absolute Gasteiger partial charge is 0.493 e. The van der Waals surface area contributed by atoms with Gasteiger partial charge in [-0.1, -0.05) is 0 Å². The van der Waals surface area contributed by atoms with E-state index in [2.05, 4.69) is 5.32 Å². The minimum atomic E-state index is -0.0998. The van der Waals surface area contributed by atoms with E-state index in [1.54, 1.807) is 25.2 Å². The number of carbonyl (C=O) groups excluding carboxylic acids is 1. The number of nitrogens with zero attached hydrogens (tertiary/aromatic N) is 1. The molecule has 1 aromatic carbocycles. The van der Waals surface area contributed by atoms with E-state index in [1.807, 2.05) is 6.07 Å². The number of anilines is 2. The second-order valence-electron chi connectivity index (χ2n) is 4.25. The summed E-state index contributed by atoms with van der Waals surface area (Å²) in [6.07, 6.45) is 0.866. The van der Waals surface area contributed by atoms with E-state index in [0.29, 0.717) is 18.0 Å². The predicted octanol–water partition coefficient (Wildman–Crippen LogP) is 0.811. The lowest BCUT2D eigenvalue weighted by Gasteiger charge is -2.23. The lowest BCUT2D eigenvalue weighted by Crippen LogP contribution is -2.36. The van der Waals surface area contributed by atoms with E-state index in [0.717, 1.165) is 24.3 Å². The Morgan fingerprint density at radius 2 is 2.05 bits per heavy atom. The highest BCUT2D eigenvalue weighted by Gasteiger charge is 2.22. The van der Waals surface area contributed by atoms with Crippen LogP contribution in [0.2, 0.25) is 0 Å². The SMILES string of the molecule is COc1cc2c(cc1OC)N(C(=O)CN)CCCN2. The number of amides is 1. The van der Waals surface area contributed by atoms with Crippen molar-refractivity contribution in [2.75, 3.05) is 44.1 Å². The fourth-order valence-electron chi connectivity index (χ4n) is 2.18. The molecule has 0 bridgehead atoms. The molecule has 6 heteroatoms. The first-order chi connectivity index (χ1) is 9.21. The highest BCUT2D eigenvalue weighted by Crippen LogP contribution is 2.39. The number of nitrogens with two attached hydrogens (primary N) is 1. The van der Waals surface area contributed by atoms with Gasteiger partial charge in [0.25, 0.3) is 0 Å².